The summed E-state index contributed by atoms with van der Waals surface area (Å²) >= 11 is 3.56. The molecule has 3 heterocycles. The van der Waals surface area contributed by atoms with Crippen molar-refractivity contribution in [3.8, 4) is 0 Å². The molecule has 3 aromatic rings. The number of hydrogen-bond donors (Lipinski definition) is 1. The standard InChI is InChI=1S/C25H34N4S2.ClH/c1-2-12-28(19-6-7-21-24(17-19)31-25(26)27-21)13-8-18-9-14-29(15-10-18)22-4-3-5-23-20(22)11-16-30-23;/h3-5,11,16,18-19H,2,6-10,12-15,17H2,1H3,(H2,26,27);1H/t19-;/m0./s1. The number of aromatic nitrogens is 1. The van der Waals surface area contributed by atoms with Crippen LogP contribution < -0.4 is 10.6 Å². The Balaban J connectivity index is 0.00000245. The van der Waals surface area contributed by atoms with Crippen LogP contribution in [-0.2, 0) is 12.8 Å². The van der Waals surface area contributed by atoms with Crippen molar-refractivity contribution < 1.29 is 0 Å². The first kappa shape index (κ1) is 23.8. The molecule has 4 nitrogen and oxygen atoms in total. The fourth-order valence-electron chi connectivity index (χ4n) is 5.52. The Morgan fingerprint density at radius 1 is 1.16 bits per heavy atom. The van der Waals surface area contributed by atoms with Crippen molar-refractivity contribution in [2.75, 3.05) is 36.8 Å². The first-order valence-corrected chi connectivity index (χ1v) is 13.6. The third-order valence-corrected chi connectivity index (χ3v) is 9.04. The molecule has 1 aromatic carbocycles. The number of nitrogens with two attached hydrogens (primary N) is 1. The highest BCUT2D eigenvalue weighted by Gasteiger charge is 2.28. The van der Waals surface area contributed by atoms with E-state index < -0.39 is 0 Å². The average Bonchev–Trinajstić information content (AvgIpc) is 3.42. The highest BCUT2D eigenvalue weighted by molar-refractivity contribution is 7.17. The molecule has 0 bridgehead atoms. The van der Waals surface area contributed by atoms with Gasteiger partial charge in [-0.25, -0.2) is 4.98 Å². The predicted octanol–water partition coefficient (Wildman–Crippen LogP) is 6.24. The minimum atomic E-state index is 0. The van der Waals surface area contributed by atoms with E-state index in [2.05, 4.69) is 51.4 Å². The molecule has 0 radical (unpaired) electrons. The number of thiazole rings is 1. The van der Waals surface area contributed by atoms with Crippen molar-refractivity contribution in [1.82, 2.24) is 9.88 Å². The van der Waals surface area contributed by atoms with Gasteiger partial charge in [0.1, 0.15) is 0 Å². The van der Waals surface area contributed by atoms with Crippen molar-refractivity contribution in [1.29, 1.82) is 0 Å². The number of thiophene rings is 1. The van der Waals surface area contributed by atoms with E-state index in [4.69, 9.17) is 5.73 Å². The topological polar surface area (TPSA) is 45.4 Å². The Morgan fingerprint density at radius 3 is 2.81 bits per heavy atom. The van der Waals surface area contributed by atoms with Gasteiger partial charge < -0.3 is 15.5 Å². The lowest BCUT2D eigenvalue weighted by Crippen LogP contribution is -2.41. The number of nitrogens with zero attached hydrogens (tertiary/aromatic N) is 3. The van der Waals surface area contributed by atoms with Crippen molar-refractivity contribution in [3.63, 3.8) is 0 Å². The van der Waals surface area contributed by atoms with Crippen molar-refractivity contribution >= 4 is 56.0 Å². The zero-order valence-electron chi connectivity index (χ0n) is 19.0. The zero-order valence-corrected chi connectivity index (χ0v) is 21.4. The molecule has 1 atom stereocenters. The lowest BCUT2D eigenvalue weighted by Gasteiger charge is -2.37. The highest BCUT2D eigenvalue weighted by Crippen LogP contribution is 2.34. The molecule has 0 saturated carbocycles. The van der Waals surface area contributed by atoms with Crippen LogP contribution in [0.3, 0.4) is 0 Å². The van der Waals surface area contributed by atoms with Gasteiger partial charge in [-0.2, -0.15) is 0 Å². The summed E-state index contributed by atoms with van der Waals surface area (Å²) in [6, 6.07) is 9.73. The van der Waals surface area contributed by atoms with E-state index in [1.807, 2.05) is 11.3 Å². The lowest BCUT2D eigenvalue weighted by atomic mass is 9.91. The van der Waals surface area contributed by atoms with Crippen LogP contribution in [-0.4, -0.2) is 42.1 Å². The van der Waals surface area contributed by atoms with E-state index in [-0.39, 0.29) is 12.4 Å². The molecule has 0 spiro atoms. The van der Waals surface area contributed by atoms with Gasteiger partial charge in [0.15, 0.2) is 5.13 Å². The van der Waals surface area contributed by atoms with E-state index in [9.17, 15) is 0 Å². The van der Waals surface area contributed by atoms with Gasteiger partial charge >= 0.3 is 0 Å². The van der Waals surface area contributed by atoms with Crippen LogP contribution in [0, 0.1) is 5.92 Å². The number of benzene rings is 1. The summed E-state index contributed by atoms with van der Waals surface area (Å²) in [5.41, 5.74) is 8.67. The van der Waals surface area contributed by atoms with Gasteiger partial charge in [0, 0.05) is 39.8 Å². The Bertz CT molecular complexity index is 1010. The fraction of sp³-hybridized carbons (Fsp3) is 0.560. The minimum Gasteiger partial charge on any atom is -0.375 e. The number of aryl methyl sites for hydroxylation is 1. The molecule has 0 unspecified atom stereocenters. The second-order valence-electron chi connectivity index (χ2n) is 9.18. The monoisotopic (exact) mass is 490 g/mol. The molecule has 7 heteroatoms. The molecule has 2 aliphatic rings. The van der Waals surface area contributed by atoms with E-state index >= 15 is 0 Å². The first-order chi connectivity index (χ1) is 15.2. The lowest BCUT2D eigenvalue weighted by molar-refractivity contribution is 0.164. The number of hydrogen-bond acceptors (Lipinski definition) is 6. The summed E-state index contributed by atoms with van der Waals surface area (Å²) in [6.07, 6.45) is 8.69. The smallest absolute Gasteiger partial charge is 0.180 e. The molecule has 1 aliphatic carbocycles. The maximum Gasteiger partial charge on any atom is 0.180 e. The molecule has 174 valence electrons. The van der Waals surface area contributed by atoms with Gasteiger partial charge in [-0.1, -0.05) is 13.0 Å². The number of anilines is 2. The quantitative estimate of drug-likeness (QED) is 0.426. The van der Waals surface area contributed by atoms with E-state index in [0.717, 1.165) is 23.9 Å². The Labute approximate surface area is 206 Å². The Hall–Kier alpha value is -1.34. The van der Waals surface area contributed by atoms with Crippen molar-refractivity contribution in [2.24, 2.45) is 5.92 Å². The maximum atomic E-state index is 5.96. The summed E-state index contributed by atoms with van der Waals surface area (Å²) in [4.78, 5) is 11.4. The summed E-state index contributed by atoms with van der Waals surface area (Å²) in [6.45, 7) is 7.16. The van der Waals surface area contributed by atoms with Gasteiger partial charge in [0.25, 0.3) is 0 Å². The third-order valence-electron chi connectivity index (χ3n) is 7.21. The number of halogens is 1. The predicted molar refractivity (Wildman–Crippen MR) is 143 cm³/mol. The summed E-state index contributed by atoms with van der Waals surface area (Å²) in [7, 11) is 0. The maximum absolute atomic E-state index is 5.96. The van der Waals surface area contributed by atoms with Crippen LogP contribution >= 0.6 is 35.1 Å². The minimum absolute atomic E-state index is 0. The molecule has 2 N–H and O–H groups in total. The van der Waals surface area contributed by atoms with Crippen LogP contribution in [0.1, 0.15) is 49.6 Å². The van der Waals surface area contributed by atoms with Gasteiger partial charge in [-0.3, -0.25) is 0 Å². The molecule has 2 aromatic heterocycles. The second-order valence-corrected chi connectivity index (χ2v) is 11.2. The number of nitrogen functional groups attached to an aromatic ring is 1. The van der Waals surface area contributed by atoms with Crippen LogP contribution in [0.15, 0.2) is 29.6 Å². The SMILES string of the molecule is CCCN(CCC1CCN(c2cccc3sccc23)CC1)[C@H]1CCc2nc(N)sc2C1.Cl. The molecule has 5 rings (SSSR count). The molecule has 1 fully saturated rings. The summed E-state index contributed by atoms with van der Waals surface area (Å²) < 4.78 is 1.41. The zero-order chi connectivity index (χ0) is 21.2. The van der Waals surface area contributed by atoms with Crippen molar-refractivity contribution in [2.45, 2.75) is 57.9 Å². The largest absolute Gasteiger partial charge is 0.375 e. The summed E-state index contributed by atoms with van der Waals surface area (Å²) in [5, 5.41) is 4.40. The molecule has 1 saturated heterocycles. The average molecular weight is 491 g/mol. The van der Waals surface area contributed by atoms with E-state index in [0.29, 0.717) is 6.04 Å². The normalized spacial score (nSPS) is 19.3. The Kier molecular flexibility index (Phi) is 7.98. The number of rotatable bonds is 7. The van der Waals surface area contributed by atoms with Crippen LogP contribution in [0.2, 0.25) is 0 Å². The number of fused-ring (bicyclic) bond motifs is 2. The highest BCUT2D eigenvalue weighted by atomic mass is 35.5. The van der Waals surface area contributed by atoms with Gasteiger partial charge in [-0.05, 0) is 87.5 Å². The van der Waals surface area contributed by atoms with Crippen molar-refractivity contribution in [3.05, 3.63) is 40.2 Å². The molecule has 1 aliphatic heterocycles. The van der Waals surface area contributed by atoms with Crippen LogP contribution in [0.25, 0.3) is 10.1 Å². The van der Waals surface area contributed by atoms with Crippen LogP contribution in [0.4, 0.5) is 10.8 Å². The fourth-order valence-corrected chi connectivity index (χ4v) is 7.28. The molecular weight excluding hydrogens is 456 g/mol. The first-order valence-electron chi connectivity index (χ1n) is 11.9. The number of piperidine rings is 1. The van der Waals surface area contributed by atoms with Gasteiger partial charge in [-0.15, -0.1) is 35.1 Å². The van der Waals surface area contributed by atoms with Gasteiger partial charge in [0.2, 0.25) is 0 Å². The Morgan fingerprint density at radius 2 is 2.00 bits per heavy atom. The molecule has 0 amide bonds. The third kappa shape index (κ3) is 5.09. The molecular formula is C25H35ClN4S2. The molecule has 32 heavy (non-hydrogen) atoms. The van der Waals surface area contributed by atoms with Gasteiger partial charge in [0.05, 0.1) is 5.69 Å². The summed E-state index contributed by atoms with van der Waals surface area (Å²) in [5.74, 6) is 0.857. The van der Waals surface area contributed by atoms with E-state index in [1.54, 1.807) is 11.3 Å². The van der Waals surface area contributed by atoms with Crippen LogP contribution in [0.5, 0.6) is 0 Å². The second kappa shape index (κ2) is 10.7. The van der Waals surface area contributed by atoms with E-state index in [1.165, 1.54) is 84.6 Å².